The van der Waals surface area contributed by atoms with Gasteiger partial charge in [0.05, 0.1) is 16.7 Å². The highest BCUT2D eigenvalue weighted by molar-refractivity contribution is 6.13. The van der Waals surface area contributed by atoms with Gasteiger partial charge in [0.2, 0.25) is 0 Å². The number of fused-ring (bicyclic) bond motifs is 4. The molecule has 2 aromatic heterocycles. The number of carbonyl (C=O) groups is 1. The number of carbonyl (C=O) groups excluding carboxylic acids is 1. The van der Waals surface area contributed by atoms with E-state index in [0.717, 1.165) is 44.0 Å². The summed E-state index contributed by atoms with van der Waals surface area (Å²) in [4.78, 5) is 22.1. The maximum absolute atomic E-state index is 12.9. The second-order valence-electron chi connectivity index (χ2n) is 6.84. The van der Waals surface area contributed by atoms with Crippen LogP contribution in [0.5, 0.6) is 0 Å². The van der Waals surface area contributed by atoms with Crippen molar-refractivity contribution in [2.75, 3.05) is 5.32 Å². The number of aryl methyl sites for hydroxylation is 1. The molecule has 3 aromatic carbocycles. The van der Waals surface area contributed by atoms with Crippen LogP contribution >= 0.6 is 0 Å². The first kappa shape index (κ1) is 16.4. The van der Waals surface area contributed by atoms with Crippen molar-refractivity contribution in [1.29, 1.82) is 0 Å². The fraction of sp³-hybridized carbons (Fsp3) is 0.0417. The van der Waals surface area contributed by atoms with Crippen molar-refractivity contribution >= 4 is 44.2 Å². The lowest BCUT2D eigenvalue weighted by Crippen LogP contribution is -2.14. The van der Waals surface area contributed by atoms with Gasteiger partial charge in [-0.1, -0.05) is 60.7 Å². The zero-order chi connectivity index (χ0) is 19.1. The monoisotopic (exact) mass is 363 g/mol. The third kappa shape index (κ3) is 2.76. The lowest BCUT2D eigenvalue weighted by molar-refractivity contribution is 0.102. The summed E-state index contributed by atoms with van der Waals surface area (Å²) in [7, 11) is 0. The zero-order valence-corrected chi connectivity index (χ0v) is 15.3. The van der Waals surface area contributed by atoms with E-state index in [2.05, 4.69) is 28.5 Å². The van der Waals surface area contributed by atoms with Gasteiger partial charge in [0, 0.05) is 21.9 Å². The summed E-state index contributed by atoms with van der Waals surface area (Å²) in [6.07, 6.45) is 0. The molecule has 0 aliphatic heterocycles. The van der Waals surface area contributed by atoms with Crippen molar-refractivity contribution in [2.24, 2.45) is 0 Å². The molecule has 0 spiro atoms. The molecule has 5 aromatic rings. The smallest absolute Gasteiger partial charge is 0.274 e. The predicted molar refractivity (Wildman–Crippen MR) is 114 cm³/mol. The summed E-state index contributed by atoms with van der Waals surface area (Å²) in [5.74, 6) is -0.231. The van der Waals surface area contributed by atoms with Crippen LogP contribution in [0.3, 0.4) is 0 Å². The molecule has 28 heavy (non-hydrogen) atoms. The molecule has 5 rings (SSSR count). The third-order valence-corrected chi connectivity index (χ3v) is 4.91. The molecule has 0 aliphatic rings. The summed E-state index contributed by atoms with van der Waals surface area (Å²) in [6.45, 7) is 1.94. The topological polar surface area (TPSA) is 54.9 Å². The fourth-order valence-electron chi connectivity index (χ4n) is 3.57. The standard InChI is InChI=1S/C24H17N3O/c1-15-14-22(19-12-10-16-6-2-4-8-18(16)23(19)25-15)27-24(28)21-13-11-17-7-3-5-9-20(17)26-21/h2-14H,1H3,(H,25,27,28). The van der Waals surface area contributed by atoms with Crippen LogP contribution in [0.15, 0.2) is 78.9 Å². The molecule has 0 unspecified atom stereocenters. The number of amides is 1. The molecule has 4 nitrogen and oxygen atoms in total. The van der Waals surface area contributed by atoms with Gasteiger partial charge >= 0.3 is 0 Å². The lowest BCUT2D eigenvalue weighted by Gasteiger charge is -2.11. The molecule has 0 radical (unpaired) electrons. The molecule has 0 saturated heterocycles. The van der Waals surface area contributed by atoms with Gasteiger partial charge in [0.25, 0.3) is 5.91 Å². The highest BCUT2D eigenvalue weighted by Gasteiger charge is 2.13. The van der Waals surface area contributed by atoms with E-state index < -0.39 is 0 Å². The number of para-hydroxylation sites is 1. The molecular weight excluding hydrogens is 346 g/mol. The Morgan fingerprint density at radius 3 is 2.43 bits per heavy atom. The van der Waals surface area contributed by atoms with E-state index in [1.165, 1.54) is 0 Å². The normalized spacial score (nSPS) is 11.2. The predicted octanol–water partition coefficient (Wildman–Crippen LogP) is 5.50. The minimum absolute atomic E-state index is 0.231. The average molecular weight is 363 g/mol. The van der Waals surface area contributed by atoms with E-state index in [1.807, 2.05) is 61.5 Å². The maximum atomic E-state index is 12.9. The lowest BCUT2D eigenvalue weighted by atomic mass is 10.0. The number of hydrogen-bond acceptors (Lipinski definition) is 3. The zero-order valence-electron chi connectivity index (χ0n) is 15.3. The summed E-state index contributed by atoms with van der Waals surface area (Å²) in [5.41, 5.74) is 3.68. The first-order chi connectivity index (χ1) is 13.7. The quantitative estimate of drug-likeness (QED) is 0.422. The van der Waals surface area contributed by atoms with Crippen LogP contribution in [0.2, 0.25) is 0 Å². The summed E-state index contributed by atoms with van der Waals surface area (Å²) >= 11 is 0. The van der Waals surface area contributed by atoms with E-state index in [0.29, 0.717) is 5.69 Å². The Morgan fingerprint density at radius 1 is 0.786 bits per heavy atom. The van der Waals surface area contributed by atoms with Crippen LogP contribution in [0.1, 0.15) is 16.2 Å². The number of nitrogens with zero attached hydrogens (tertiary/aromatic N) is 2. The molecule has 1 amide bonds. The van der Waals surface area contributed by atoms with Gasteiger partial charge < -0.3 is 5.32 Å². The summed E-state index contributed by atoms with van der Waals surface area (Å²) < 4.78 is 0. The molecule has 134 valence electrons. The van der Waals surface area contributed by atoms with Crippen molar-refractivity contribution in [3.05, 3.63) is 90.3 Å². The second-order valence-corrected chi connectivity index (χ2v) is 6.84. The van der Waals surface area contributed by atoms with Crippen LogP contribution in [0.25, 0.3) is 32.6 Å². The Bertz CT molecular complexity index is 1370. The van der Waals surface area contributed by atoms with Crippen molar-refractivity contribution in [1.82, 2.24) is 9.97 Å². The van der Waals surface area contributed by atoms with Gasteiger partial charge in [-0.15, -0.1) is 0 Å². The first-order valence-electron chi connectivity index (χ1n) is 9.15. The number of nitrogens with one attached hydrogen (secondary N) is 1. The molecule has 0 saturated carbocycles. The minimum atomic E-state index is -0.231. The van der Waals surface area contributed by atoms with Gasteiger partial charge in [-0.2, -0.15) is 0 Å². The highest BCUT2D eigenvalue weighted by Crippen LogP contribution is 2.30. The molecule has 2 heterocycles. The molecule has 0 bridgehead atoms. The van der Waals surface area contributed by atoms with Gasteiger partial charge in [-0.3, -0.25) is 9.78 Å². The van der Waals surface area contributed by atoms with Gasteiger partial charge in [0.15, 0.2) is 0 Å². The summed E-state index contributed by atoms with van der Waals surface area (Å²) in [6, 6.07) is 25.5. The average Bonchev–Trinajstić information content (AvgIpc) is 2.73. The van der Waals surface area contributed by atoms with Crippen LogP contribution in [-0.2, 0) is 0 Å². The van der Waals surface area contributed by atoms with Crippen molar-refractivity contribution in [3.8, 4) is 0 Å². The van der Waals surface area contributed by atoms with E-state index in [-0.39, 0.29) is 5.91 Å². The van der Waals surface area contributed by atoms with E-state index in [4.69, 9.17) is 4.98 Å². The fourth-order valence-corrected chi connectivity index (χ4v) is 3.57. The summed E-state index contributed by atoms with van der Waals surface area (Å²) in [5, 5.41) is 7.15. The first-order valence-corrected chi connectivity index (χ1v) is 9.15. The molecule has 4 heteroatoms. The SMILES string of the molecule is Cc1cc(NC(=O)c2ccc3ccccc3n2)c2ccc3ccccc3c2n1. The third-order valence-electron chi connectivity index (χ3n) is 4.91. The van der Waals surface area contributed by atoms with E-state index in [1.54, 1.807) is 6.07 Å². The second kappa shape index (κ2) is 6.43. The number of hydrogen-bond donors (Lipinski definition) is 1. The van der Waals surface area contributed by atoms with Crippen LogP contribution in [0, 0.1) is 6.92 Å². The van der Waals surface area contributed by atoms with Crippen molar-refractivity contribution in [3.63, 3.8) is 0 Å². The number of pyridine rings is 2. The number of rotatable bonds is 2. The molecule has 0 aliphatic carbocycles. The molecule has 0 atom stereocenters. The van der Waals surface area contributed by atoms with Gasteiger partial charge in [-0.25, -0.2) is 4.98 Å². The van der Waals surface area contributed by atoms with Gasteiger partial charge in [0.1, 0.15) is 5.69 Å². The number of benzene rings is 3. The van der Waals surface area contributed by atoms with Gasteiger partial charge in [-0.05, 0) is 30.5 Å². The van der Waals surface area contributed by atoms with Crippen molar-refractivity contribution in [2.45, 2.75) is 6.92 Å². The van der Waals surface area contributed by atoms with E-state index >= 15 is 0 Å². The Balaban J connectivity index is 1.60. The molecule has 1 N–H and O–H groups in total. The minimum Gasteiger partial charge on any atom is -0.320 e. The Kier molecular flexibility index (Phi) is 3.76. The number of anilines is 1. The number of aromatic nitrogens is 2. The Hall–Kier alpha value is -3.79. The van der Waals surface area contributed by atoms with Crippen LogP contribution < -0.4 is 5.32 Å². The van der Waals surface area contributed by atoms with Crippen LogP contribution in [0.4, 0.5) is 5.69 Å². The van der Waals surface area contributed by atoms with E-state index in [9.17, 15) is 4.79 Å². The maximum Gasteiger partial charge on any atom is 0.274 e. The Morgan fingerprint density at radius 2 is 1.54 bits per heavy atom. The molecular formula is C24H17N3O. The highest BCUT2D eigenvalue weighted by atomic mass is 16.1. The molecule has 0 fully saturated rings. The van der Waals surface area contributed by atoms with Crippen molar-refractivity contribution < 1.29 is 4.79 Å². The largest absolute Gasteiger partial charge is 0.320 e. The van der Waals surface area contributed by atoms with Crippen LogP contribution in [-0.4, -0.2) is 15.9 Å². The Labute approximate surface area is 161 Å².